The topological polar surface area (TPSA) is 37.8 Å². The molecule has 1 saturated heterocycles. The molecule has 1 aliphatic rings. The number of nitrogens with one attached hydrogen (secondary N) is 1. The summed E-state index contributed by atoms with van der Waals surface area (Å²) in [6.07, 6.45) is 3.01. The first-order valence-corrected chi connectivity index (χ1v) is 6.02. The molecule has 0 spiro atoms. The highest BCUT2D eigenvalue weighted by Crippen LogP contribution is 2.34. The number of hydrogen-bond donors (Lipinski definition) is 1. The van der Waals surface area contributed by atoms with Crippen LogP contribution in [0.1, 0.15) is 18.4 Å². The Morgan fingerprint density at radius 2 is 2.47 bits per heavy atom. The Kier molecular flexibility index (Phi) is 2.00. The van der Waals surface area contributed by atoms with Gasteiger partial charge in [0.05, 0.1) is 0 Å². The van der Waals surface area contributed by atoms with E-state index >= 15 is 0 Å². The molecule has 3 heterocycles. The molecule has 1 aliphatic heterocycles. The lowest BCUT2D eigenvalue weighted by Crippen LogP contribution is -2.24. The molecule has 15 heavy (non-hydrogen) atoms. The van der Waals surface area contributed by atoms with Gasteiger partial charge in [0.15, 0.2) is 0 Å². The van der Waals surface area contributed by atoms with Crippen molar-refractivity contribution in [3.05, 3.63) is 23.3 Å². The maximum Gasteiger partial charge on any atom is 0.143 e. The van der Waals surface area contributed by atoms with E-state index < -0.39 is 0 Å². The number of hydrogen-bond acceptors (Lipinski definition) is 4. The van der Waals surface area contributed by atoms with Crippen LogP contribution in [0.3, 0.4) is 0 Å². The molecule has 1 unspecified atom stereocenters. The second-order valence-electron chi connectivity index (χ2n) is 4.33. The second-order valence-corrected chi connectivity index (χ2v) is 5.31. The van der Waals surface area contributed by atoms with E-state index in [0.717, 1.165) is 23.4 Å². The SMILES string of the molecule is CC1(c2nc3cccnc3s2)CCNC1. The van der Waals surface area contributed by atoms with E-state index in [1.807, 2.05) is 18.3 Å². The number of pyridine rings is 1. The normalized spacial score (nSPS) is 26.2. The fraction of sp³-hybridized carbons (Fsp3) is 0.455. The third-order valence-corrected chi connectivity index (χ3v) is 4.34. The summed E-state index contributed by atoms with van der Waals surface area (Å²) in [6.45, 7) is 4.41. The molecule has 3 nitrogen and oxygen atoms in total. The molecular weight excluding hydrogens is 206 g/mol. The van der Waals surface area contributed by atoms with Crippen LogP contribution in [0.25, 0.3) is 10.3 Å². The van der Waals surface area contributed by atoms with Crippen molar-refractivity contribution in [2.75, 3.05) is 13.1 Å². The van der Waals surface area contributed by atoms with E-state index in [9.17, 15) is 0 Å². The van der Waals surface area contributed by atoms with Gasteiger partial charge >= 0.3 is 0 Å². The highest BCUT2D eigenvalue weighted by atomic mass is 32.1. The van der Waals surface area contributed by atoms with Crippen molar-refractivity contribution in [3.63, 3.8) is 0 Å². The fourth-order valence-electron chi connectivity index (χ4n) is 2.03. The van der Waals surface area contributed by atoms with Crippen LogP contribution in [0.2, 0.25) is 0 Å². The van der Waals surface area contributed by atoms with Gasteiger partial charge in [0.1, 0.15) is 15.4 Å². The predicted octanol–water partition coefficient (Wildman–Crippen LogP) is 1.94. The summed E-state index contributed by atoms with van der Waals surface area (Å²) >= 11 is 1.73. The first-order chi connectivity index (χ1) is 7.28. The number of fused-ring (bicyclic) bond motifs is 1. The molecule has 0 saturated carbocycles. The number of rotatable bonds is 1. The molecule has 4 heteroatoms. The van der Waals surface area contributed by atoms with Crippen LogP contribution in [0.4, 0.5) is 0 Å². The minimum atomic E-state index is 0.214. The van der Waals surface area contributed by atoms with Gasteiger partial charge in [0, 0.05) is 18.2 Å². The predicted molar refractivity (Wildman–Crippen MR) is 62.3 cm³/mol. The van der Waals surface area contributed by atoms with Crippen LogP contribution in [0.5, 0.6) is 0 Å². The van der Waals surface area contributed by atoms with Gasteiger partial charge in [0.25, 0.3) is 0 Å². The van der Waals surface area contributed by atoms with Gasteiger partial charge in [0.2, 0.25) is 0 Å². The van der Waals surface area contributed by atoms with Crippen molar-refractivity contribution >= 4 is 21.7 Å². The molecule has 3 rings (SSSR count). The summed E-state index contributed by atoms with van der Waals surface area (Å²) in [7, 11) is 0. The van der Waals surface area contributed by atoms with E-state index in [1.165, 1.54) is 11.4 Å². The summed E-state index contributed by atoms with van der Waals surface area (Å²) < 4.78 is 0. The molecule has 0 aliphatic carbocycles. The molecule has 2 aromatic heterocycles. The van der Waals surface area contributed by atoms with Gasteiger partial charge < -0.3 is 5.32 Å². The van der Waals surface area contributed by atoms with E-state index in [2.05, 4.69) is 22.2 Å². The molecule has 2 aromatic rings. The van der Waals surface area contributed by atoms with E-state index in [4.69, 9.17) is 0 Å². The minimum absolute atomic E-state index is 0.214. The van der Waals surface area contributed by atoms with Gasteiger partial charge in [-0.1, -0.05) is 18.3 Å². The van der Waals surface area contributed by atoms with Crippen LogP contribution >= 0.6 is 11.3 Å². The summed E-state index contributed by atoms with van der Waals surface area (Å²) in [5.41, 5.74) is 1.25. The van der Waals surface area contributed by atoms with E-state index in [1.54, 1.807) is 11.3 Å². The quantitative estimate of drug-likeness (QED) is 0.796. The Hall–Kier alpha value is -1.00. The maximum atomic E-state index is 4.68. The largest absolute Gasteiger partial charge is 0.316 e. The third-order valence-electron chi connectivity index (χ3n) is 3.05. The smallest absolute Gasteiger partial charge is 0.143 e. The molecule has 1 atom stereocenters. The maximum absolute atomic E-state index is 4.68. The van der Waals surface area contributed by atoms with Crippen LogP contribution in [0, 0.1) is 0 Å². The second kappa shape index (κ2) is 3.25. The van der Waals surface area contributed by atoms with Crippen LogP contribution < -0.4 is 5.32 Å². The van der Waals surface area contributed by atoms with Gasteiger partial charge in [-0.2, -0.15) is 0 Å². The lowest BCUT2D eigenvalue weighted by atomic mass is 9.91. The summed E-state index contributed by atoms with van der Waals surface area (Å²) in [5.74, 6) is 0. The van der Waals surface area contributed by atoms with Crippen LogP contribution in [0.15, 0.2) is 18.3 Å². The Labute approximate surface area is 92.6 Å². The van der Waals surface area contributed by atoms with E-state index in [-0.39, 0.29) is 5.41 Å². The van der Waals surface area contributed by atoms with Gasteiger partial charge in [-0.05, 0) is 25.1 Å². The van der Waals surface area contributed by atoms with Crippen molar-refractivity contribution in [2.45, 2.75) is 18.8 Å². The van der Waals surface area contributed by atoms with Crippen molar-refractivity contribution in [1.29, 1.82) is 0 Å². The Balaban J connectivity index is 2.11. The van der Waals surface area contributed by atoms with Crippen molar-refractivity contribution in [1.82, 2.24) is 15.3 Å². The van der Waals surface area contributed by atoms with Crippen LogP contribution in [-0.2, 0) is 5.41 Å². The third kappa shape index (κ3) is 1.44. The average molecular weight is 219 g/mol. The molecule has 1 N–H and O–H groups in total. The zero-order valence-electron chi connectivity index (χ0n) is 8.66. The van der Waals surface area contributed by atoms with Gasteiger partial charge in [-0.3, -0.25) is 0 Å². The minimum Gasteiger partial charge on any atom is -0.316 e. The zero-order valence-corrected chi connectivity index (χ0v) is 9.47. The zero-order chi connectivity index (χ0) is 10.3. The molecule has 78 valence electrons. The molecule has 1 fully saturated rings. The standard InChI is InChI=1S/C11H13N3S/c1-11(4-6-12-7-11)10-14-8-3-2-5-13-9(8)15-10/h2-3,5,12H,4,6-7H2,1H3. The molecule has 0 amide bonds. The first-order valence-electron chi connectivity index (χ1n) is 5.21. The van der Waals surface area contributed by atoms with Crippen molar-refractivity contribution < 1.29 is 0 Å². The number of nitrogens with zero attached hydrogens (tertiary/aromatic N) is 2. The van der Waals surface area contributed by atoms with Gasteiger partial charge in [-0.25, -0.2) is 9.97 Å². The average Bonchev–Trinajstić information content (AvgIpc) is 2.84. The van der Waals surface area contributed by atoms with Crippen LogP contribution in [-0.4, -0.2) is 23.1 Å². The van der Waals surface area contributed by atoms with Crippen molar-refractivity contribution in [3.8, 4) is 0 Å². The first kappa shape index (κ1) is 9.24. The fourth-order valence-corrected chi connectivity index (χ4v) is 3.11. The summed E-state index contributed by atoms with van der Waals surface area (Å²) in [6, 6.07) is 3.98. The Morgan fingerprint density at radius 1 is 1.53 bits per heavy atom. The molecular formula is C11H13N3S. The number of aromatic nitrogens is 2. The lowest BCUT2D eigenvalue weighted by Gasteiger charge is -2.18. The van der Waals surface area contributed by atoms with E-state index in [0.29, 0.717) is 0 Å². The molecule has 0 radical (unpaired) electrons. The van der Waals surface area contributed by atoms with Gasteiger partial charge in [-0.15, -0.1) is 0 Å². The number of thiazole rings is 1. The Bertz CT molecular complexity index is 452. The van der Waals surface area contributed by atoms with Crippen molar-refractivity contribution in [2.24, 2.45) is 0 Å². The molecule has 0 bridgehead atoms. The lowest BCUT2D eigenvalue weighted by molar-refractivity contribution is 0.523. The highest BCUT2D eigenvalue weighted by molar-refractivity contribution is 7.18. The molecule has 0 aromatic carbocycles. The summed E-state index contributed by atoms with van der Waals surface area (Å²) in [5, 5.41) is 4.63. The monoisotopic (exact) mass is 219 g/mol. The summed E-state index contributed by atoms with van der Waals surface area (Å²) in [4.78, 5) is 10.1. The highest BCUT2D eigenvalue weighted by Gasteiger charge is 2.33. The Morgan fingerprint density at radius 3 is 3.20 bits per heavy atom.